The predicted molar refractivity (Wildman–Crippen MR) is 73.3 cm³/mol. The molecule has 0 bridgehead atoms. The highest BCUT2D eigenvalue weighted by atomic mass is 35.5. The van der Waals surface area contributed by atoms with Crippen molar-refractivity contribution in [2.45, 2.75) is 17.8 Å². The third-order valence-corrected chi connectivity index (χ3v) is 3.63. The van der Waals surface area contributed by atoms with E-state index in [9.17, 15) is 18.0 Å². The van der Waals surface area contributed by atoms with E-state index in [1.165, 1.54) is 0 Å². The second kappa shape index (κ2) is 8.80. The molecule has 0 saturated carbocycles. The Kier molecular flexibility index (Phi) is 8.24. The lowest BCUT2D eigenvalue weighted by atomic mass is 10.1. The van der Waals surface area contributed by atoms with Crippen LogP contribution in [0.25, 0.3) is 0 Å². The Morgan fingerprint density at radius 1 is 1.25 bits per heavy atom. The molecule has 0 aliphatic rings. The molecule has 0 aliphatic carbocycles. The Morgan fingerprint density at radius 2 is 1.75 bits per heavy atom. The van der Waals surface area contributed by atoms with Crippen molar-refractivity contribution in [2.75, 3.05) is 5.75 Å². The lowest BCUT2D eigenvalue weighted by molar-refractivity contribution is -0.129. The number of nitrogens with two attached hydrogens (primary N) is 1. The van der Waals surface area contributed by atoms with Gasteiger partial charge in [0.15, 0.2) is 0 Å². The first-order chi connectivity index (χ1) is 9.29. The second-order valence-electron chi connectivity index (χ2n) is 3.57. The van der Waals surface area contributed by atoms with Crippen LogP contribution in [0.2, 0.25) is 5.02 Å². The number of benzene rings is 1. The lowest BCUT2D eigenvalue weighted by Gasteiger charge is -2.14. The molecule has 1 unspecified atom stereocenters. The first-order valence-corrected chi connectivity index (χ1v) is 6.62. The Labute approximate surface area is 122 Å². The van der Waals surface area contributed by atoms with Crippen molar-refractivity contribution in [1.82, 2.24) is 0 Å². The number of carbonyl (C=O) groups excluding carboxylic acids is 1. The van der Waals surface area contributed by atoms with Crippen molar-refractivity contribution in [3.8, 4) is 0 Å². The quantitative estimate of drug-likeness (QED) is 0.895. The normalized spacial score (nSPS) is 12.2. The van der Waals surface area contributed by atoms with Gasteiger partial charge in [0.05, 0.1) is 6.42 Å². The van der Waals surface area contributed by atoms with Gasteiger partial charge in [-0.05, 0) is 17.7 Å². The minimum atomic E-state index is -4.23. The number of hydrogen-bond acceptors (Lipinski definition) is 4. The number of thioether (sulfide) groups is 1. The number of halogens is 4. The molecule has 1 atom stereocenters. The van der Waals surface area contributed by atoms with Gasteiger partial charge in [-0.15, -0.1) is 11.8 Å². The van der Waals surface area contributed by atoms with Gasteiger partial charge in [-0.3, -0.25) is 4.79 Å². The Morgan fingerprint density at radius 3 is 2.15 bits per heavy atom. The van der Waals surface area contributed by atoms with Crippen LogP contribution < -0.4 is 5.73 Å². The Hall–Kier alpha value is -1.28. The van der Waals surface area contributed by atoms with Gasteiger partial charge >= 0.3 is 6.18 Å². The summed E-state index contributed by atoms with van der Waals surface area (Å²) in [7, 11) is 0. The number of hydrogen-bond donors (Lipinski definition) is 1. The summed E-state index contributed by atoms with van der Waals surface area (Å²) in [6.07, 6.45) is -5.18. The fraction of sp³-hybridized carbons (Fsp3) is 0.364. The molecule has 4 nitrogen and oxygen atoms in total. The minimum absolute atomic E-state index is 0.209. The molecule has 0 radical (unpaired) electrons. The van der Waals surface area contributed by atoms with E-state index in [0.717, 1.165) is 11.8 Å². The van der Waals surface area contributed by atoms with Gasteiger partial charge in [0.2, 0.25) is 5.91 Å². The van der Waals surface area contributed by atoms with Crippen LogP contribution in [-0.2, 0) is 4.79 Å². The molecule has 1 amide bonds. The van der Waals surface area contributed by atoms with E-state index in [4.69, 9.17) is 27.3 Å². The summed E-state index contributed by atoms with van der Waals surface area (Å²) in [6, 6.07) is 6.30. The van der Waals surface area contributed by atoms with Crippen LogP contribution in [-0.4, -0.2) is 17.8 Å². The molecule has 0 aliphatic heterocycles. The Bertz CT molecular complexity index is 428. The van der Waals surface area contributed by atoms with Gasteiger partial charge in [-0.25, -0.2) is 0 Å². The summed E-state index contributed by atoms with van der Waals surface area (Å²) in [6.45, 7) is 0. The molecule has 9 heteroatoms. The molecule has 0 saturated heterocycles. The van der Waals surface area contributed by atoms with Gasteiger partial charge in [-0.2, -0.15) is 13.2 Å². The third-order valence-electron chi connectivity index (χ3n) is 2.10. The summed E-state index contributed by atoms with van der Waals surface area (Å²) >= 11 is 6.57. The largest absolute Gasteiger partial charge is 0.389 e. The minimum Gasteiger partial charge on any atom is -0.368 e. The second-order valence-corrected chi connectivity index (χ2v) is 5.22. The zero-order chi connectivity index (χ0) is 15.8. The molecular weight excluding hydrogens is 319 g/mol. The standard InChI is InChI=1S/C11H11ClF3NOS.O2/c12-8-3-1-7(2-4-8)9(10(16)17)18-6-5-11(13,14)15;1-2/h1-4,9H,5-6H2,(H2,16,17);. The van der Waals surface area contributed by atoms with Gasteiger partial charge in [0.25, 0.3) is 0 Å². The molecular formula is C11H11ClF3NO3S. The number of rotatable bonds is 5. The number of primary amides is 1. The zero-order valence-corrected chi connectivity index (χ0v) is 11.6. The average molecular weight is 330 g/mol. The van der Waals surface area contributed by atoms with E-state index in [1.807, 2.05) is 0 Å². The predicted octanol–water partition coefficient (Wildman–Crippen LogP) is 3.62. The van der Waals surface area contributed by atoms with E-state index >= 15 is 0 Å². The molecule has 20 heavy (non-hydrogen) atoms. The lowest BCUT2D eigenvalue weighted by Crippen LogP contribution is -2.20. The maximum Gasteiger partial charge on any atom is 0.389 e. The topological polar surface area (TPSA) is 77.2 Å². The van der Waals surface area contributed by atoms with Gasteiger partial charge < -0.3 is 5.73 Å². The summed E-state index contributed by atoms with van der Waals surface area (Å²) < 4.78 is 36.0. The molecule has 1 aromatic carbocycles. The van der Waals surface area contributed by atoms with E-state index in [1.54, 1.807) is 24.3 Å². The molecule has 1 rings (SSSR count). The maximum absolute atomic E-state index is 12.0. The van der Waals surface area contributed by atoms with Gasteiger partial charge in [-0.1, -0.05) is 23.7 Å². The molecule has 0 spiro atoms. The van der Waals surface area contributed by atoms with E-state index < -0.39 is 23.8 Å². The highest BCUT2D eigenvalue weighted by Crippen LogP contribution is 2.32. The number of carbonyl (C=O) groups is 1. The molecule has 1 aromatic rings. The molecule has 2 N–H and O–H groups in total. The van der Waals surface area contributed by atoms with E-state index in [0.29, 0.717) is 10.6 Å². The smallest absolute Gasteiger partial charge is 0.368 e. The zero-order valence-electron chi connectivity index (χ0n) is 10.0. The van der Waals surface area contributed by atoms with Crippen LogP contribution in [0.15, 0.2) is 24.3 Å². The van der Waals surface area contributed by atoms with Crippen molar-refractivity contribution in [1.29, 1.82) is 0 Å². The van der Waals surface area contributed by atoms with Crippen molar-refractivity contribution in [3.63, 3.8) is 0 Å². The highest BCUT2D eigenvalue weighted by Gasteiger charge is 2.28. The molecule has 0 fully saturated rings. The van der Waals surface area contributed by atoms with Gasteiger partial charge in [0.1, 0.15) is 5.25 Å². The van der Waals surface area contributed by atoms with Crippen molar-refractivity contribution in [3.05, 3.63) is 44.8 Å². The van der Waals surface area contributed by atoms with Crippen LogP contribution in [0.3, 0.4) is 0 Å². The van der Waals surface area contributed by atoms with Crippen LogP contribution in [0.4, 0.5) is 13.2 Å². The first-order valence-electron chi connectivity index (χ1n) is 5.19. The van der Waals surface area contributed by atoms with E-state index in [-0.39, 0.29) is 5.75 Å². The SMILES string of the molecule is NC(=O)C(SCCC(F)(F)F)c1ccc(Cl)cc1.O=O. The highest BCUT2D eigenvalue weighted by molar-refractivity contribution is 8.00. The monoisotopic (exact) mass is 329 g/mol. The van der Waals surface area contributed by atoms with Crippen molar-refractivity contribution in [2.24, 2.45) is 5.73 Å². The van der Waals surface area contributed by atoms with Crippen LogP contribution in [0, 0.1) is 9.93 Å². The van der Waals surface area contributed by atoms with Crippen LogP contribution in [0.5, 0.6) is 0 Å². The first kappa shape index (κ1) is 18.7. The van der Waals surface area contributed by atoms with Gasteiger partial charge in [0, 0.05) is 20.7 Å². The van der Waals surface area contributed by atoms with Crippen molar-refractivity contribution >= 4 is 29.3 Å². The molecule has 112 valence electrons. The molecule has 0 aromatic heterocycles. The third kappa shape index (κ3) is 7.34. The molecule has 0 heterocycles. The maximum atomic E-state index is 12.0. The summed E-state index contributed by atoms with van der Waals surface area (Å²) in [5.41, 5.74) is 5.74. The number of alkyl halides is 3. The average Bonchev–Trinajstić information content (AvgIpc) is 2.37. The van der Waals surface area contributed by atoms with Crippen LogP contribution in [0.1, 0.15) is 17.2 Å². The van der Waals surface area contributed by atoms with Crippen LogP contribution >= 0.6 is 23.4 Å². The van der Waals surface area contributed by atoms with E-state index in [2.05, 4.69) is 0 Å². The fourth-order valence-corrected chi connectivity index (χ4v) is 2.50. The fourth-order valence-electron chi connectivity index (χ4n) is 1.27. The number of amides is 1. The summed E-state index contributed by atoms with van der Waals surface area (Å²) in [4.78, 5) is 25.2. The summed E-state index contributed by atoms with van der Waals surface area (Å²) in [5, 5.41) is -0.299. The summed E-state index contributed by atoms with van der Waals surface area (Å²) in [5.74, 6) is -0.871. The Balaban J connectivity index is 0.00000172. The van der Waals surface area contributed by atoms with Crippen molar-refractivity contribution < 1.29 is 18.0 Å².